The Morgan fingerprint density at radius 1 is 1.47 bits per heavy atom. The maximum absolute atomic E-state index is 5.92. The van der Waals surface area contributed by atoms with Gasteiger partial charge in [-0.15, -0.1) is 0 Å². The predicted octanol–water partition coefficient (Wildman–Crippen LogP) is 2.77. The molecule has 0 saturated heterocycles. The molecule has 2 nitrogen and oxygen atoms in total. The summed E-state index contributed by atoms with van der Waals surface area (Å²) in [5.74, 6) is 2.04. The van der Waals surface area contributed by atoms with E-state index in [0.29, 0.717) is 6.04 Å². The lowest BCUT2D eigenvalue weighted by atomic mass is 9.99. The number of hydrogen-bond donors (Lipinski definition) is 1. The van der Waals surface area contributed by atoms with E-state index >= 15 is 0 Å². The molecule has 0 aliphatic carbocycles. The molecule has 1 heterocycles. The van der Waals surface area contributed by atoms with Crippen LogP contribution in [0.2, 0.25) is 0 Å². The zero-order valence-corrected chi connectivity index (χ0v) is 11.2. The number of fused-ring (bicyclic) bond motifs is 1. The van der Waals surface area contributed by atoms with Crippen molar-refractivity contribution in [2.75, 3.05) is 18.1 Å². The van der Waals surface area contributed by atoms with E-state index in [-0.39, 0.29) is 6.10 Å². The lowest BCUT2D eigenvalue weighted by molar-refractivity contribution is 0.0588. The number of ether oxygens (including phenoxy) is 1. The average Bonchev–Trinajstić information content (AvgIpc) is 2.39. The number of benzene rings is 1. The predicted molar refractivity (Wildman–Crippen MR) is 74.4 cm³/mol. The number of nitrogens with two attached hydrogens (primary N) is 1. The third-order valence-electron chi connectivity index (χ3n) is 3.22. The Morgan fingerprint density at radius 2 is 2.29 bits per heavy atom. The molecule has 3 heteroatoms. The van der Waals surface area contributed by atoms with Crippen LogP contribution in [-0.2, 0) is 11.2 Å². The Kier molecular flexibility index (Phi) is 4.89. The highest BCUT2D eigenvalue weighted by Crippen LogP contribution is 2.29. The molecule has 1 aromatic carbocycles. The second-order valence-corrected chi connectivity index (χ2v) is 5.59. The number of rotatable bonds is 5. The Balaban J connectivity index is 1.90. The Hall–Kier alpha value is -0.510. The van der Waals surface area contributed by atoms with Gasteiger partial charge < -0.3 is 10.5 Å². The maximum Gasteiger partial charge on any atom is 0.0918 e. The van der Waals surface area contributed by atoms with E-state index in [1.165, 1.54) is 11.1 Å². The van der Waals surface area contributed by atoms with Crippen molar-refractivity contribution >= 4 is 11.8 Å². The summed E-state index contributed by atoms with van der Waals surface area (Å²) in [6, 6.07) is 8.94. The number of thioether (sulfide) groups is 1. The Morgan fingerprint density at radius 3 is 3.12 bits per heavy atom. The Labute approximate surface area is 108 Å². The minimum absolute atomic E-state index is 0.258. The fourth-order valence-corrected chi connectivity index (χ4v) is 3.22. The van der Waals surface area contributed by atoms with Gasteiger partial charge in [-0.05, 0) is 24.0 Å². The smallest absolute Gasteiger partial charge is 0.0918 e. The van der Waals surface area contributed by atoms with Gasteiger partial charge in [0.25, 0.3) is 0 Å². The highest BCUT2D eigenvalue weighted by Gasteiger charge is 2.20. The van der Waals surface area contributed by atoms with Gasteiger partial charge in [-0.1, -0.05) is 31.2 Å². The molecule has 0 radical (unpaired) electrons. The third kappa shape index (κ3) is 3.47. The van der Waals surface area contributed by atoms with Gasteiger partial charge in [0.15, 0.2) is 0 Å². The summed E-state index contributed by atoms with van der Waals surface area (Å²) in [4.78, 5) is 0. The summed E-state index contributed by atoms with van der Waals surface area (Å²) in [6.45, 7) is 2.99. The molecule has 1 aromatic rings. The zero-order chi connectivity index (χ0) is 12.1. The molecule has 17 heavy (non-hydrogen) atoms. The van der Waals surface area contributed by atoms with Gasteiger partial charge in [-0.25, -0.2) is 0 Å². The van der Waals surface area contributed by atoms with Crippen molar-refractivity contribution in [1.82, 2.24) is 0 Å². The molecule has 0 fully saturated rings. The van der Waals surface area contributed by atoms with Gasteiger partial charge in [0.1, 0.15) is 0 Å². The SMILES string of the molecule is CCC(N)CSCC1OCCc2ccccc21. The minimum Gasteiger partial charge on any atom is -0.372 e. The summed E-state index contributed by atoms with van der Waals surface area (Å²) in [5, 5.41) is 0. The van der Waals surface area contributed by atoms with Crippen molar-refractivity contribution in [3.8, 4) is 0 Å². The van der Waals surface area contributed by atoms with Crippen LogP contribution in [0, 0.1) is 0 Å². The van der Waals surface area contributed by atoms with E-state index in [4.69, 9.17) is 10.5 Å². The molecule has 2 N–H and O–H groups in total. The normalized spacial score (nSPS) is 20.9. The molecule has 0 spiro atoms. The monoisotopic (exact) mass is 251 g/mol. The quantitative estimate of drug-likeness (QED) is 0.874. The molecule has 2 rings (SSSR count). The molecule has 2 atom stereocenters. The lowest BCUT2D eigenvalue weighted by Gasteiger charge is -2.26. The summed E-state index contributed by atoms with van der Waals surface area (Å²) in [7, 11) is 0. The fraction of sp³-hybridized carbons (Fsp3) is 0.571. The van der Waals surface area contributed by atoms with Crippen molar-refractivity contribution in [2.45, 2.75) is 31.9 Å². The topological polar surface area (TPSA) is 35.2 Å². The molecule has 1 aliphatic rings. The van der Waals surface area contributed by atoms with Gasteiger partial charge in [0.2, 0.25) is 0 Å². The first-order valence-electron chi connectivity index (χ1n) is 6.34. The molecular weight excluding hydrogens is 230 g/mol. The molecule has 94 valence electrons. The van der Waals surface area contributed by atoms with Crippen LogP contribution in [0.3, 0.4) is 0 Å². The van der Waals surface area contributed by atoms with Gasteiger partial charge in [-0.3, -0.25) is 0 Å². The van der Waals surface area contributed by atoms with Crippen LogP contribution in [0.15, 0.2) is 24.3 Å². The molecule has 0 amide bonds. The third-order valence-corrected chi connectivity index (χ3v) is 4.42. The average molecular weight is 251 g/mol. The molecule has 1 aliphatic heterocycles. The van der Waals surface area contributed by atoms with E-state index in [1.54, 1.807) is 0 Å². The van der Waals surface area contributed by atoms with Gasteiger partial charge in [0.05, 0.1) is 12.7 Å². The van der Waals surface area contributed by atoms with Crippen molar-refractivity contribution in [3.05, 3.63) is 35.4 Å². The van der Waals surface area contributed by atoms with E-state index in [1.807, 2.05) is 11.8 Å². The maximum atomic E-state index is 5.92. The first-order chi connectivity index (χ1) is 8.31. The van der Waals surface area contributed by atoms with Gasteiger partial charge in [0, 0.05) is 17.5 Å². The Bertz CT molecular complexity index is 356. The van der Waals surface area contributed by atoms with Crippen LogP contribution >= 0.6 is 11.8 Å². The van der Waals surface area contributed by atoms with Crippen LogP contribution in [0.25, 0.3) is 0 Å². The van der Waals surface area contributed by atoms with Gasteiger partial charge in [-0.2, -0.15) is 11.8 Å². The van der Waals surface area contributed by atoms with Crippen LogP contribution in [-0.4, -0.2) is 24.2 Å². The van der Waals surface area contributed by atoms with Crippen molar-refractivity contribution in [3.63, 3.8) is 0 Å². The second kappa shape index (κ2) is 6.43. The van der Waals surface area contributed by atoms with E-state index in [9.17, 15) is 0 Å². The highest BCUT2D eigenvalue weighted by molar-refractivity contribution is 7.99. The van der Waals surface area contributed by atoms with Crippen LogP contribution in [0.5, 0.6) is 0 Å². The van der Waals surface area contributed by atoms with Crippen molar-refractivity contribution in [1.29, 1.82) is 0 Å². The van der Waals surface area contributed by atoms with E-state index < -0.39 is 0 Å². The lowest BCUT2D eigenvalue weighted by Crippen LogP contribution is -2.23. The van der Waals surface area contributed by atoms with Crippen LogP contribution < -0.4 is 5.73 Å². The largest absolute Gasteiger partial charge is 0.372 e. The second-order valence-electron chi connectivity index (χ2n) is 4.51. The molecular formula is C14H21NOS. The van der Waals surface area contributed by atoms with Crippen LogP contribution in [0.4, 0.5) is 0 Å². The number of hydrogen-bond acceptors (Lipinski definition) is 3. The highest BCUT2D eigenvalue weighted by atomic mass is 32.2. The van der Waals surface area contributed by atoms with Crippen molar-refractivity contribution < 1.29 is 4.74 Å². The zero-order valence-electron chi connectivity index (χ0n) is 10.4. The minimum atomic E-state index is 0.258. The summed E-state index contributed by atoms with van der Waals surface area (Å²) < 4.78 is 5.86. The first-order valence-corrected chi connectivity index (χ1v) is 7.49. The summed E-state index contributed by atoms with van der Waals surface area (Å²) in [6.07, 6.45) is 2.36. The summed E-state index contributed by atoms with van der Waals surface area (Å²) in [5.41, 5.74) is 8.74. The van der Waals surface area contributed by atoms with Crippen LogP contribution in [0.1, 0.15) is 30.6 Å². The fourth-order valence-electron chi connectivity index (χ4n) is 2.06. The molecule has 0 saturated carbocycles. The standard InChI is InChI=1S/C14H21NOS/c1-2-12(15)9-17-10-14-13-6-4-3-5-11(13)7-8-16-14/h3-6,12,14H,2,7-10,15H2,1H3. The summed E-state index contributed by atoms with van der Waals surface area (Å²) >= 11 is 1.91. The van der Waals surface area contributed by atoms with Crippen molar-refractivity contribution in [2.24, 2.45) is 5.73 Å². The van der Waals surface area contributed by atoms with E-state index in [0.717, 1.165) is 31.0 Å². The molecule has 0 aromatic heterocycles. The molecule has 0 bridgehead atoms. The molecule has 2 unspecified atom stereocenters. The van der Waals surface area contributed by atoms with E-state index in [2.05, 4.69) is 31.2 Å². The first kappa shape index (κ1) is 12.9. The van der Waals surface area contributed by atoms with Gasteiger partial charge >= 0.3 is 0 Å².